The molecule has 1 amide bonds. The van der Waals surface area contributed by atoms with E-state index in [0.717, 1.165) is 31.2 Å². The van der Waals surface area contributed by atoms with Crippen molar-refractivity contribution < 1.29 is 19.4 Å². The van der Waals surface area contributed by atoms with Gasteiger partial charge in [0.05, 0.1) is 24.8 Å². The first-order valence-electron chi connectivity index (χ1n) is 13.9. The highest BCUT2D eigenvalue weighted by Gasteiger charge is 2.13. The van der Waals surface area contributed by atoms with Crippen LogP contribution in [0, 0.1) is 0 Å². The summed E-state index contributed by atoms with van der Waals surface area (Å²) in [7, 11) is 0. The van der Waals surface area contributed by atoms with Gasteiger partial charge >= 0.3 is 5.97 Å². The topological polar surface area (TPSA) is 75.6 Å². The number of nitrogens with one attached hydrogen (secondary N) is 1. The van der Waals surface area contributed by atoms with Gasteiger partial charge in [-0.2, -0.15) is 0 Å². The fraction of sp³-hybridized carbons (Fsp3) is 0.667. The van der Waals surface area contributed by atoms with Crippen LogP contribution in [0.15, 0.2) is 36.4 Å². The summed E-state index contributed by atoms with van der Waals surface area (Å²) in [5.74, 6) is -0.351. The summed E-state index contributed by atoms with van der Waals surface area (Å²) in [6, 6.07) is 6.79. The molecule has 0 radical (unpaired) electrons. The number of hydrogen-bond acceptors (Lipinski definition) is 4. The van der Waals surface area contributed by atoms with Gasteiger partial charge in [-0.25, -0.2) is 4.79 Å². The number of rotatable bonds is 21. The van der Waals surface area contributed by atoms with E-state index in [2.05, 4.69) is 24.4 Å². The molecule has 2 N–H and O–H groups in total. The van der Waals surface area contributed by atoms with Gasteiger partial charge in [0.2, 0.25) is 5.91 Å². The van der Waals surface area contributed by atoms with E-state index in [4.69, 9.17) is 4.74 Å². The first-order valence-corrected chi connectivity index (χ1v) is 13.9. The maximum absolute atomic E-state index is 12.3. The minimum atomic E-state index is -0.342. The van der Waals surface area contributed by atoms with Gasteiger partial charge in [-0.05, 0) is 63.1 Å². The van der Waals surface area contributed by atoms with Crippen molar-refractivity contribution in [2.24, 2.45) is 0 Å². The Morgan fingerprint density at radius 3 is 2.00 bits per heavy atom. The molecule has 0 heterocycles. The smallest absolute Gasteiger partial charge is 0.338 e. The van der Waals surface area contributed by atoms with Crippen LogP contribution >= 0.6 is 0 Å². The Balaban J connectivity index is 2.07. The number of carbonyl (C=O) groups excluding carboxylic acids is 2. The number of allylic oxidation sites excluding steroid dienone is 2. The lowest BCUT2D eigenvalue weighted by atomic mass is 10.0. The summed E-state index contributed by atoms with van der Waals surface area (Å²) in [5.41, 5.74) is 1.46. The number of hydrogen-bond donors (Lipinski definition) is 2. The van der Waals surface area contributed by atoms with Crippen molar-refractivity contribution in [3.05, 3.63) is 47.5 Å². The van der Waals surface area contributed by atoms with E-state index in [1.54, 1.807) is 19.1 Å². The molecule has 5 nitrogen and oxygen atoms in total. The van der Waals surface area contributed by atoms with Gasteiger partial charge in [-0.1, -0.05) is 82.6 Å². The number of benzene rings is 1. The largest absolute Gasteiger partial charge is 0.462 e. The lowest BCUT2D eigenvalue weighted by Gasteiger charge is -2.16. The maximum atomic E-state index is 12.3. The predicted octanol–water partition coefficient (Wildman–Crippen LogP) is 6.92. The number of unbranched alkanes of at least 4 members (excludes halogenated alkanes) is 11. The molecule has 5 heteroatoms. The normalized spacial score (nSPS) is 12.1. The zero-order valence-electron chi connectivity index (χ0n) is 22.2. The third-order valence-corrected chi connectivity index (χ3v) is 6.20. The molecule has 0 fully saturated rings. The molecule has 1 aromatic carbocycles. The molecule has 1 rings (SSSR count). The molecule has 0 saturated heterocycles. The quantitative estimate of drug-likeness (QED) is 0.112. The van der Waals surface area contributed by atoms with E-state index in [0.29, 0.717) is 25.0 Å². The van der Waals surface area contributed by atoms with Crippen LogP contribution in [0.4, 0.5) is 0 Å². The molecule has 1 atom stereocenters. The number of aliphatic hydroxyl groups is 1. The third kappa shape index (κ3) is 16.2. The summed E-state index contributed by atoms with van der Waals surface area (Å²) >= 11 is 0. The number of esters is 1. The molecule has 0 bridgehead atoms. The summed E-state index contributed by atoms with van der Waals surface area (Å²) in [5, 5.41) is 12.6. The number of carbonyl (C=O) groups is 2. The Morgan fingerprint density at radius 1 is 0.857 bits per heavy atom. The molecule has 35 heavy (non-hydrogen) atoms. The van der Waals surface area contributed by atoms with E-state index in [1.807, 2.05) is 12.1 Å². The average Bonchev–Trinajstić information content (AvgIpc) is 2.86. The van der Waals surface area contributed by atoms with Crippen molar-refractivity contribution in [2.75, 3.05) is 13.2 Å². The highest BCUT2D eigenvalue weighted by Crippen LogP contribution is 2.11. The van der Waals surface area contributed by atoms with Crippen LogP contribution in [0.2, 0.25) is 0 Å². The van der Waals surface area contributed by atoms with E-state index >= 15 is 0 Å². The van der Waals surface area contributed by atoms with Crippen LogP contribution in [-0.2, 0) is 16.0 Å². The minimum Gasteiger partial charge on any atom is -0.462 e. The molecular weight excluding hydrogens is 438 g/mol. The Bertz CT molecular complexity index is 699. The Labute approximate surface area is 213 Å². The van der Waals surface area contributed by atoms with Crippen molar-refractivity contribution in [3.8, 4) is 0 Å². The molecule has 0 saturated carbocycles. The summed E-state index contributed by atoms with van der Waals surface area (Å²) in [6.07, 6.45) is 21.8. The van der Waals surface area contributed by atoms with Crippen molar-refractivity contribution in [1.82, 2.24) is 5.32 Å². The maximum Gasteiger partial charge on any atom is 0.338 e. The lowest BCUT2D eigenvalue weighted by Crippen LogP contribution is -2.39. The van der Waals surface area contributed by atoms with Crippen molar-refractivity contribution in [3.63, 3.8) is 0 Å². The summed E-state index contributed by atoms with van der Waals surface area (Å²) in [6.45, 7) is 4.26. The molecule has 0 unspecified atom stereocenters. The zero-order chi connectivity index (χ0) is 25.6. The second-order valence-corrected chi connectivity index (χ2v) is 9.40. The van der Waals surface area contributed by atoms with E-state index < -0.39 is 0 Å². The van der Waals surface area contributed by atoms with Gasteiger partial charge in [0.1, 0.15) is 0 Å². The van der Waals surface area contributed by atoms with Gasteiger partial charge < -0.3 is 15.2 Å². The second kappa shape index (κ2) is 21.2. The zero-order valence-corrected chi connectivity index (χ0v) is 22.2. The van der Waals surface area contributed by atoms with Gasteiger partial charge in [0, 0.05) is 6.42 Å². The molecule has 198 valence electrons. The minimum absolute atomic E-state index is 0.00942. The average molecular weight is 488 g/mol. The van der Waals surface area contributed by atoms with Crippen LogP contribution in [0.3, 0.4) is 0 Å². The molecule has 0 aliphatic rings. The number of aliphatic hydroxyl groups excluding tert-OH is 1. The lowest BCUT2D eigenvalue weighted by molar-refractivity contribution is -0.122. The third-order valence-electron chi connectivity index (χ3n) is 6.20. The fourth-order valence-corrected chi connectivity index (χ4v) is 4.09. The van der Waals surface area contributed by atoms with Crippen molar-refractivity contribution >= 4 is 11.9 Å². The summed E-state index contributed by atoms with van der Waals surface area (Å²) < 4.78 is 4.99. The second-order valence-electron chi connectivity index (χ2n) is 9.40. The van der Waals surface area contributed by atoms with Gasteiger partial charge in [-0.3, -0.25) is 4.79 Å². The number of amides is 1. The SMILES string of the molecule is CCCCCCCC/C=C\CCCCCCCC(=O)N[C@H](CO)Cc1ccc(C(=O)OCC)cc1. The van der Waals surface area contributed by atoms with Crippen LogP contribution < -0.4 is 5.32 Å². The molecule has 0 aliphatic carbocycles. The Kier molecular flexibility index (Phi) is 18.7. The van der Waals surface area contributed by atoms with Gasteiger partial charge in [0.25, 0.3) is 0 Å². The van der Waals surface area contributed by atoms with Crippen LogP contribution in [0.25, 0.3) is 0 Å². The van der Waals surface area contributed by atoms with Crippen molar-refractivity contribution in [2.45, 2.75) is 116 Å². The Hall–Kier alpha value is -2.14. The van der Waals surface area contributed by atoms with E-state index in [1.165, 1.54) is 57.8 Å². The molecule has 0 spiro atoms. The molecule has 1 aromatic rings. The first-order chi connectivity index (χ1) is 17.1. The highest BCUT2D eigenvalue weighted by atomic mass is 16.5. The number of ether oxygens (including phenoxy) is 1. The monoisotopic (exact) mass is 487 g/mol. The molecular formula is C30H49NO4. The summed E-state index contributed by atoms with van der Waals surface area (Å²) in [4.78, 5) is 24.0. The predicted molar refractivity (Wildman–Crippen MR) is 145 cm³/mol. The molecule has 0 aliphatic heterocycles. The molecule has 0 aromatic heterocycles. The van der Waals surface area contributed by atoms with Crippen LogP contribution in [-0.4, -0.2) is 36.2 Å². The van der Waals surface area contributed by atoms with E-state index in [9.17, 15) is 14.7 Å². The standard InChI is InChI=1S/C30H49NO4/c1-3-5-6-7-8-9-10-11-12-13-14-15-16-17-18-19-29(33)31-28(25-32)24-26-20-22-27(23-21-26)30(34)35-4-2/h11-12,20-23,28,32H,3-10,13-19,24-25H2,1-2H3,(H,31,33)/b12-11-/t28-/m0/s1. The van der Waals surface area contributed by atoms with Crippen LogP contribution in [0.1, 0.15) is 120 Å². The van der Waals surface area contributed by atoms with E-state index in [-0.39, 0.29) is 24.5 Å². The van der Waals surface area contributed by atoms with Crippen LogP contribution in [0.5, 0.6) is 0 Å². The fourth-order valence-electron chi connectivity index (χ4n) is 4.09. The van der Waals surface area contributed by atoms with Crippen molar-refractivity contribution in [1.29, 1.82) is 0 Å². The Morgan fingerprint density at radius 2 is 1.43 bits per heavy atom. The first kappa shape index (κ1) is 30.9. The highest BCUT2D eigenvalue weighted by molar-refractivity contribution is 5.89. The van der Waals surface area contributed by atoms with Gasteiger partial charge in [-0.15, -0.1) is 0 Å². The van der Waals surface area contributed by atoms with Gasteiger partial charge in [0.15, 0.2) is 0 Å².